The van der Waals surface area contributed by atoms with Crippen LogP contribution in [0.15, 0.2) is 48.5 Å². The summed E-state index contributed by atoms with van der Waals surface area (Å²) < 4.78 is 0. The first-order valence-electron chi connectivity index (χ1n) is 6.04. The van der Waals surface area contributed by atoms with Crippen molar-refractivity contribution in [1.29, 1.82) is 0 Å². The van der Waals surface area contributed by atoms with Crippen LogP contribution in [-0.4, -0.2) is 11.5 Å². The lowest BCUT2D eigenvalue weighted by atomic mass is 10.1. The molecule has 0 fully saturated rings. The molecule has 0 aliphatic carbocycles. The quantitative estimate of drug-likeness (QED) is 0.826. The van der Waals surface area contributed by atoms with Crippen LogP contribution in [0.25, 0.3) is 0 Å². The zero-order chi connectivity index (χ0) is 13.7. The van der Waals surface area contributed by atoms with Crippen molar-refractivity contribution in [2.24, 2.45) is 5.73 Å². The predicted molar refractivity (Wildman–Crippen MR) is 86.0 cm³/mol. The van der Waals surface area contributed by atoms with Crippen molar-refractivity contribution in [2.75, 3.05) is 11.9 Å². The molecular formula is C15H15ClN2S. The van der Waals surface area contributed by atoms with Gasteiger partial charge in [-0.15, -0.1) is 0 Å². The molecule has 0 saturated heterocycles. The SMILES string of the molecule is NC(=S)c1ccc(Cl)cc1NCCc1ccccc1. The van der Waals surface area contributed by atoms with Crippen molar-refractivity contribution < 1.29 is 0 Å². The molecule has 0 aromatic heterocycles. The molecule has 0 unspecified atom stereocenters. The molecular weight excluding hydrogens is 276 g/mol. The lowest BCUT2D eigenvalue weighted by molar-refractivity contribution is 1.02. The maximum absolute atomic E-state index is 5.99. The lowest BCUT2D eigenvalue weighted by Gasteiger charge is -2.11. The van der Waals surface area contributed by atoms with Crippen molar-refractivity contribution >= 4 is 34.5 Å². The molecule has 3 N–H and O–H groups in total. The van der Waals surface area contributed by atoms with E-state index in [-0.39, 0.29) is 0 Å². The number of thiocarbonyl (C=S) groups is 1. The van der Waals surface area contributed by atoms with E-state index in [1.165, 1.54) is 5.56 Å². The van der Waals surface area contributed by atoms with Crippen molar-refractivity contribution in [3.05, 3.63) is 64.7 Å². The van der Waals surface area contributed by atoms with E-state index in [9.17, 15) is 0 Å². The van der Waals surface area contributed by atoms with Gasteiger partial charge in [-0.2, -0.15) is 0 Å². The largest absolute Gasteiger partial charge is 0.389 e. The van der Waals surface area contributed by atoms with Crippen LogP contribution in [0.3, 0.4) is 0 Å². The molecule has 0 amide bonds. The molecule has 2 aromatic carbocycles. The highest BCUT2D eigenvalue weighted by molar-refractivity contribution is 7.80. The standard InChI is InChI=1S/C15H15ClN2S/c16-12-6-7-13(15(17)19)14(10-12)18-9-8-11-4-2-1-3-5-11/h1-7,10,18H,8-9H2,(H2,17,19). The van der Waals surface area contributed by atoms with Crippen molar-refractivity contribution in [2.45, 2.75) is 6.42 Å². The van der Waals surface area contributed by atoms with E-state index in [4.69, 9.17) is 29.6 Å². The molecule has 0 atom stereocenters. The number of nitrogens with two attached hydrogens (primary N) is 1. The molecule has 4 heteroatoms. The topological polar surface area (TPSA) is 38.0 Å². The van der Waals surface area contributed by atoms with Gasteiger partial charge in [-0.05, 0) is 30.2 Å². The van der Waals surface area contributed by atoms with Gasteiger partial charge < -0.3 is 11.1 Å². The first kappa shape index (κ1) is 13.8. The van der Waals surface area contributed by atoms with Crippen LogP contribution >= 0.6 is 23.8 Å². The molecule has 0 aliphatic heterocycles. The molecule has 19 heavy (non-hydrogen) atoms. The molecule has 0 heterocycles. The molecule has 98 valence electrons. The second kappa shape index (κ2) is 6.55. The minimum atomic E-state index is 0.374. The summed E-state index contributed by atoms with van der Waals surface area (Å²) in [6.07, 6.45) is 0.935. The number of halogens is 1. The highest BCUT2D eigenvalue weighted by Crippen LogP contribution is 2.21. The van der Waals surface area contributed by atoms with E-state index in [2.05, 4.69) is 17.4 Å². The van der Waals surface area contributed by atoms with Gasteiger partial charge in [-0.25, -0.2) is 0 Å². The Bertz CT molecular complexity index is 570. The van der Waals surface area contributed by atoms with Crippen molar-refractivity contribution in [3.63, 3.8) is 0 Å². The third-order valence-corrected chi connectivity index (χ3v) is 3.27. The fourth-order valence-electron chi connectivity index (χ4n) is 1.86. The summed E-state index contributed by atoms with van der Waals surface area (Å²) in [6, 6.07) is 15.8. The number of anilines is 1. The Morgan fingerprint density at radius 2 is 1.89 bits per heavy atom. The Morgan fingerprint density at radius 3 is 2.58 bits per heavy atom. The van der Waals surface area contributed by atoms with E-state index in [0.29, 0.717) is 10.0 Å². The van der Waals surface area contributed by atoms with Gasteiger partial charge in [0, 0.05) is 22.8 Å². The molecule has 0 spiro atoms. The summed E-state index contributed by atoms with van der Waals surface area (Å²) in [5.41, 5.74) is 8.69. The van der Waals surface area contributed by atoms with Gasteiger partial charge in [0.25, 0.3) is 0 Å². The second-order valence-electron chi connectivity index (χ2n) is 4.22. The van der Waals surface area contributed by atoms with Crippen LogP contribution < -0.4 is 11.1 Å². The molecule has 2 nitrogen and oxygen atoms in total. The zero-order valence-electron chi connectivity index (χ0n) is 10.4. The van der Waals surface area contributed by atoms with Crippen LogP contribution in [-0.2, 0) is 6.42 Å². The highest BCUT2D eigenvalue weighted by Gasteiger charge is 2.05. The van der Waals surface area contributed by atoms with Crippen LogP contribution in [0.5, 0.6) is 0 Å². The maximum Gasteiger partial charge on any atom is 0.106 e. The van der Waals surface area contributed by atoms with Crippen molar-refractivity contribution in [3.8, 4) is 0 Å². The molecule has 2 rings (SSSR count). The van der Waals surface area contributed by atoms with E-state index in [0.717, 1.165) is 24.2 Å². The van der Waals surface area contributed by atoms with Crippen LogP contribution in [0.1, 0.15) is 11.1 Å². The number of benzene rings is 2. The van der Waals surface area contributed by atoms with E-state index in [1.807, 2.05) is 30.3 Å². The fraction of sp³-hybridized carbons (Fsp3) is 0.133. The van der Waals surface area contributed by atoms with Gasteiger partial charge in [0.05, 0.1) is 0 Å². The van der Waals surface area contributed by atoms with Crippen LogP contribution in [0.2, 0.25) is 5.02 Å². The van der Waals surface area contributed by atoms with Gasteiger partial charge >= 0.3 is 0 Å². The minimum Gasteiger partial charge on any atom is -0.389 e. The first-order chi connectivity index (χ1) is 9.16. The Morgan fingerprint density at radius 1 is 1.16 bits per heavy atom. The maximum atomic E-state index is 5.99. The third kappa shape index (κ3) is 3.94. The summed E-state index contributed by atoms with van der Waals surface area (Å²) >= 11 is 11.0. The molecule has 0 bridgehead atoms. The Hall–Kier alpha value is -1.58. The van der Waals surface area contributed by atoms with Gasteiger partial charge in [0.1, 0.15) is 4.99 Å². The van der Waals surface area contributed by atoms with Gasteiger partial charge in [0.2, 0.25) is 0 Å². The average Bonchev–Trinajstić information content (AvgIpc) is 2.39. The number of hydrogen-bond acceptors (Lipinski definition) is 2. The van der Waals surface area contributed by atoms with E-state index >= 15 is 0 Å². The van der Waals surface area contributed by atoms with Gasteiger partial charge in [-0.3, -0.25) is 0 Å². The molecule has 0 saturated carbocycles. The average molecular weight is 291 g/mol. The van der Waals surface area contributed by atoms with Gasteiger partial charge in [0.15, 0.2) is 0 Å². The molecule has 2 aromatic rings. The highest BCUT2D eigenvalue weighted by atomic mass is 35.5. The summed E-state index contributed by atoms with van der Waals surface area (Å²) in [5.74, 6) is 0. The van der Waals surface area contributed by atoms with Crippen molar-refractivity contribution in [1.82, 2.24) is 0 Å². The Balaban J connectivity index is 2.03. The van der Waals surface area contributed by atoms with E-state index < -0.39 is 0 Å². The second-order valence-corrected chi connectivity index (χ2v) is 5.09. The van der Waals surface area contributed by atoms with E-state index in [1.54, 1.807) is 6.07 Å². The minimum absolute atomic E-state index is 0.374. The monoisotopic (exact) mass is 290 g/mol. The summed E-state index contributed by atoms with van der Waals surface area (Å²) in [7, 11) is 0. The Kier molecular flexibility index (Phi) is 4.77. The smallest absolute Gasteiger partial charge is 0.106 e. The zero-order valence-corrected chi connectivity index (χ0v) is 12.0. The molecule has 0 aliphatic rings. The predicted octanol–water partition coefficient (Wildman–Crippen LogP) is 3.63. The van der Waals surface area contributed by atoms with Crippen LogP contribution in [0.4, 0.5) is 5.69 Å². The fourth-order valence-corrected chi connectivity index (χ4v) is 2.21. The normalized spacial score (nSPS) is 10.2. The first-order valence-corrected chi connectivity index (χ1v) is 6.82. The van der Waals surface area contributed by atoms with Crippen LogP contribution in [0, 0.1) is 0 Å². The lowest BCUT2D eigenvalue weighted by Crippen LogP contribution is -2.14. The van der Waals surface area contributed by atoms with Gasteiger partial charge in [-0.1, -0.05) is 54.2 Å². The summed E-state index contributed by atoms with van der Waals surface area (Å²) in [4.78, 5) is 0.374. The number of hydrogen-bond donors (Lipinski definition) is 2. The molecule has 0 radical (unpaired) electrons. The Labute approximate surface area is 123 Å². The number of nitrogens with one attached hydrogen (secondary N) is 1. The number of rotatable bonds is 5. The summed E-state index contributed by atoms with van der Waals surface area (Å²) in [5, 5.41) is 4.00. The summed E-state index contributed by atoms with van der Waals surface area (Å²) in [6.45, 7) is 0.806. The third-order valence-electron chi connectivity index (χ3n) is 2.82.